The minimum atomic E-state index is -0.678. The van der Waals surface area contributed by atoms with E-state index in [4.69, 9.17) is 10.5 Å². The van der Waals surface area contributed by atoms with Crippen molar-refractivity contribution in [3.63, 3.8) is 0 Å². The lowest BCUT2D eigenvalue weighted by molar-refractivity contribution is -0.121. The van der Waals surface area contributed by atoms with Gasteiger partial charge in [-0.15, -0.1) is 0 Å². The average molecular weight is 338 g/mol. The summed E-state index contributed by atoms with van der Waals surface area (Å²) in [7, 11) is 2.99. The number of nitrogen functional groups attached to an aromatic ring is 1. The number of carbonyl (C=O) groups excluding carboxylic acids is 2. The molecule has 0 bridgehead atoms. The summed E-state index contributed by atoms with van der Waals surface area (Å²) in [6.45, 7) is 3.71. The van der Waals surface area contributed by atoms with Gasteiger partial charge in [-0.2, -0.15) is 5.26 Å². The fourth-order valence-corrected chi connectivity index (χ4v) is 3.23. The smallest absolute Gasteiger partial charge is 0.357 e. The number of rotatable bonds is 2. The van der Waals surface area contributed by atoms with E-state index in [0.717, 1.165) is 11.3 Å². The highest BCUT2D eigenvalue weighted by atomic mass is 16.5. The molecular formula is C18H18N4O3. The maximum Gasteiger partial charge on any atom is 0.357 e. The molecule has 2 heterocycles. The van der Waals surface area contributed by atoms with Gasteiger partial charge in [-0.1, -0.05) is 0 Å². The van der Waals surface area contributed by atoms with Crippen molar-refractivity contribution in [3.8, 4) is 11.8 Å². The molecule has 1 aliphatic rings. The van der Waals surface area contributed by atoms with Crippen LogP contribution in [0.1, 0.15) is 35.5 Å². The molecule has 0 saturated heterocycles. The summed E-state index contributed by atoms with van der Waals surface area (Å²) in [5.74, 6) is -0.635. The molecule has 128 valence electrons. The second-order valence-electron chi connectivity index (χ2n) is 6.47. The zero-order chi connectivity index (χ0) is 18.5. The molecule has 0 fully saturated rings. The maximum absolute atomic E-state index is 12.4. The minimum absolute atomic E-state index is 0.00225. The molecule has 1 aromatic heterocycles. The van der Waals surface area contributed by atoms with Gasteiger partial charge in [0, 0.05) is 24.6 Å². The highest BCUT2D eigenvalue weighted by molar-refractivity contribution is 6.07. The molecule has 0 saturated carbocycles. The fourth-order valence-electron chi connectivity index (χ4n) is 3.23. The molecule has 0 atom stereocenters. The molecule has 1 aromatic carbocycles. The predicted molar refractivity (Wildman–Crippen MR) is 92.7 cm³/mol. The second-order valence-corrected chi connectivity index (χ2v) is 6.47. The molecule has 25 heavy (non-hydrogen) atoms. The first kappa shape index (κ1) is 16.6. The summed E-state index contributed by atoms with van der Waals surface area (Å²) in [5.41, 5.74) is 7.90. The molecule has 1 aliphatic heterocycles. The van der Waals surface area contributed by atoms with Crippen LogP contribution in [0.15, 0.2) is 24.4 Å². The van der Waals surface area contributed by atoms with E-state index in [1.165, 1.54) is 17.9 Å². The van der Waals surface area contributed by atoms with Crippen LogP contribution in [-0.4, -0.2) is 30.6 Å². The van der Waals surface area contributed by atoms with Crippen molar-refractivity contribution in [2.45, 2.75) is 19.3 Å². The van der Waals surface area contributed by atoms with Gasteiger partial charge in [0.25, 0.3) is 0 Å². The van der Waals surface area contributed by atoms with Gasteiger partial charge in [-0.05, 0) is 37.6 Å². The van der Waals surface area contributed by atoms with Crippen molar-refractivity contribution < 1.29 is 14.3 Å². The number of amides is 1. The quantitative estimate of drug-likeness (QED) is 0.844. The molecule has 7 nitrogen and oxygen atoms in total. The van der Waals surface area contributed by atoms with E-state index in [-0.39, 0.29) is 22.9 Å². The van der Waals surface area contributed by atoms with Gasteiger partial charge in [0.05, 0.1) is 23.8 Å². The lowest BCUT2D eigenvalue weighted by Gasteiger charge is -2.17. The summed E-state index contributed by atoms with van der Waals surface area (Å²) in [5, 5.41) is 9.22. The number of esters is 1. The Morgan fingerprint density at radius 3 is 2.64 bits per heavy atom. The number of hydrogen-bond acceptors (Lipinski definition) is 5. The van der Waals surface area contributed by atoms with Gasteiger partial charge in [0.1, 0.15) is 6.07 Å². The van der Waals surface area contributed by atoms with Gasteiger partial charge < -0.3 is 19.9 Å². The number of nitrogens with zero attached hydrogens (tertiary/aromatic N) is 3. The van der Waals surface area contributed by atoms with E-state index in [0.29, 0.717) is 5.69 Å². The summed E-state index contributed by atoms with van der Waals surface area (Å²) in [6, 6.07) is 7.40. The number of anilines is 2. The van der Waals surface area contributed by atoms with Crippen LogP contribution in [0, 0.1) is 11.3 Å². The van der Waals surface area contributed by atoms with E-state index in [1.54, 1.807) is 18.0 Å². The number of methoxy groups -OCH3 is 1. The lowest BCUT2D eigenvalue weighted by Crippen LogP contribution is -2.33. The van der Waals surface area contributed by atoms with Crippen LogP contribution in [0.4, 0.5) is 11.4 Å². The van der Waals surface area contributed by atoms with Gasteiger partial charge >= 0.3 is 5.97 Å². The first-order valence-electron chi connectivity index (χ1n) is 7.66. The molecule has 2 N–H and O–H groups in total. The van der Waals surface area contributed by atoms with Crippen LogP contribution >= 0.6 is 0 Å². The highest BCUT2D eigenvalue weighted by Gasteiger charge is 2.42. The van der Waals surface area contributed by atoms with Crippen molar-refractivity contribution in [1.29, 1.82) is 5.26 Å². The number of nitriles is 1. The number of likely N-dealkylation sites (N-methyl/N-ethyl adjacent to an activating group) is 1. The number of nitrogens with two attached hydrogens (primary N) is 1. The number of hydrogen-bond donors (Lipinski definition) is 1. The fraction of sp³-hybridized carbons (Fsp3) is 0.278. The first-order valence-corrected chi connectivity index (χ1v) is 7.66. The van der Waals surface area contributed by atoms with Crippen molar-refractivity contribution in [2.75, 3.05) is 24.8 Å². The molecule has 3 rings (SSSR count). The lowest BCUT2D eigenvalue weighted by atomic mass is 9.86. The molecule has 7 heteroatoms. The Hall–Kier alpha value is -3.27. The molecule has 0 radical (unpaired) electrons. The third-order valence-corrected chi connectivity index (χ3v) is 4.68. The minimum Gasteiger partial charge on any atom is -0.464 e. The number of carbonyl (C=O) groups is 2. The van der Waals surface area contributed by atoms with Gasteiger partial charge in [-0.25, -0.2) is 4.79 Å². The van der Waals surface area contributed by atoms with E-state index < -0.39 is 11.4 Å². The van der Waals surface area contributed by atoms with Crippen LogP contribution in [0.5, 0.6) is 0 Å². The Labute approximate surface area is 145 Å². The molecule has 0 aliphatic carbocycles. The SMILES string of the molecule is COC(=O)c1c(N)c(C#N)cn1-c1ccc2c(c1)C(C)(C)C(=O)N2C. The Bertz CT molecular complexity index is 950. The third kappa shape index (κ3) is 2.18. The van der Waals surface area contributed by atoms with Crippen molar-refractivity contribution in [3.05, 3.63) is 41.2 Å². The van der Waals surface area contributed by atoms with Crippen LogP contribution in [0.3, 0.4) is 0 Å². The van der Waals surface area contributed by atoms with Crippen molar-refractivity contribution in [1.82, 2.24) is 4.57 Å². The normalized spacial score (nSPS) is 15.0. The van der Waals surface area contributed by atoms with Crippen LogP contribution in [0.2, 0.25) is 0 Å². The number of fused-ring (bicyclic) bond motifs is 1. The summed E-state index contributed by atoms with van der Waals surface area (Å²) < 4.78 is 6.32. The number of aromatic nitrogens is 1. The standard InChI is InChI=1S/C18H18N4O3/c1-18(2)12-7-11(5-6-13(12)21(3)17(18)24)22-9-10(8-19)14(20)15(22)16(23)25-4/h5-7,9H,20H2,1-4H3. The van der Waals surface area contributed by atoms with Crippen molar-refractivity contribution >= 4 is 23.3 Å². The third-order valence-electron chi connectivity index (χ3n) is 4.68. The summed E-state index contributed by atoms with van der Waals surface area (Å²) in [6.07, 6.45) is 1.50. The van der Waals surface area contributed by atoms with Crippen LogP contribution in [0.25, 0.3) is 5.69 Å². The monoisotopic (exact) mass is 338 g/mol. The van der Waals surface area contributed by atoms with E-state index in [1.807, 2.05) is 32.0 Å². The molecule has 1 amide bonds. The summed E-state index contributed by atoms with van der Waals surface area (Å²) in [4.78, 5) is 26.2. The van der Waals surface area contributed by atoms with Gasteiger partial charge in [0.2, 0.25) is 5.91 Å². The van der Waals surface area contributed by atoms with Gasteiger partial charge in [-0.3, -0.25) is 4.79 Å². The highest BCUT2D eigenvalue weighted by Crippen LogP contribution is 2.42. The van der Waals surface area contributed by atoms with Crippen LogP contribution < -0.4 is 10.6 Å². The summed E-state index contributed by atoms with van der Waals surface area (Å²) >= 11 is 0. The maximum atomic E-state index is 12.4. The first-order chi connectivity index (χ1) is 11.7. The van der Waals surface area contributed by atoms with E-state index in [9.17, 15) is 14.9 Å². The second kappa shape index (κ2) is 5.38. The zero-order valence-electron chi connectivity index (χ0n) is 14.5. The van der Waals surface area contributed by atoms with Gasteiger partial charge in [0.15, 0.2) is 5.69 Å². The zero-order valence-corrected chi connectivity index (χ0v) is 14.5. The Kier molecular flexibility index (Phi) is 3.57. The van der Waals surface area contributed by atoms with E-state index in [2.05, 4.69) is 0 Å². The Morgan fingerprint density at radius 1 is 1.36 bits per heavy atom. The Morgan fingerprint density at radius 2 is 2.04 bits per heavy atom. The predicted octanol–water partition coefficient (Wildman–Crippen LogP) is 1.97. The van der Waals surface area contributed by atoms with E-state index >= 15 is 0 Å². The van der Waals surface area contributed by atoms with Crippen LogP contribution in [-0.2, 0) is 14.9 Å². The molecule has 0 unspecified atom stereocenters. The molecule has 2 aromatic rings. The molecular weight excluding hydrogens is 320 g/mol. The largest absolute Gasteiger partial charge is 0.464 e. The molecule has 0 spiro atoms. The Balaban J connectivity index is 2.24. The average Bonchev–Trinajstić information content (AvgIpc) is 3.02. The number of ether oxygens (including phenoxy) is 1. The van der Waals surface area contributed by atoms with Crippen molar-refractivity contribution in [2.24, 2.45) is 0 Å². The topological polar surface area (TPSA) is 101 Å². The number of benzene rings is 1.